The Morgan fingerprint density at radius 3 is 2.27 bits per heavy atom. The lowest BCUT2D eigenvalue weighted by atomic mass is 10.2. The molecule has 0 bridgehead atoms. The van der Waals surface area contributed by atoms with E-state index >= 15 is 0 Å². The van der Waals surface area contributed by atoms with Gasteiger partial charge in [-0.15, -0.1) is 0 Å². The molecule has 0 aromatic heterocycles. The van der Waals surface area contributed by atoms with Crippen LogP contribution in [0.4, 0.5) is 5.69 Å². The third-order valence-electron chi connectivity index (χ3n) is 4.85. The smallest absolute Gasteiger partial charge is 0.255 e. The van der Waals surface area contributed by atoms with Crippen LogP contribution in [-0.2, 0) is 16.6 Å². The van der Waals surface area contributed by atoms with Crippen LogP contribution >= 0.6 is 0 Å². The molecule has 0 aliphatic rings. The molecule has 1 amide bonds. The molecule has 3 aromatic carbocycles. The van der Waals surface area contributed by atoms with E-state index in [1.807, 2.05) is 44.2 Å². The van der Waals surface area contributed by atoms with Crippen LogP contribution < -0.4 is 14.8 Å². The van der Waals surface area contributed by atoms with E-state index in [-0.39, 0.29) is 28.9 Å². The van der Waals surface area contributed by atoms with Gasteiger partial charge in [-0.25, -0.2) is 8.42 Å². The molecule has 0 saturated carbocycles. The summed E-state index contributed by atoms with van der Waals surface area (Å²) >= 11 is 0. The maximum absolute atomic E-state index is 13.3. The Labute approximate surface area is 195 Å². The lowest BCUT2D eigenvalue weighted by molar-refractivity contribution is 0.102. The zero-order valence-corrected chi connectivity index (χ0v) is 19.9. The number of hydrogen-bond donors (Lipinski definition) is 1. The topological polar surface area (TPSA) is 84.9 Å². The van der Waals surface area contributed by atoms with Crippen molar-refractivity contribution in [2.45, 2.75) is 31.4 Å². The number of anilines is 1. The number of ether oxygens (including phenoxy) is 2. The van der Waals surface area contributed by atoms with Gasteiger partial charge < -0.3 is 14.8 Å². The molecule has 7 nitrogen and oxygen atoms in total. The van der Waals surface area contributed by atoms with Crippen LogP contribution in [0.1, 0.15) is 29.8 Å². The van der Waals surface area contributed by atoms with Gasteiger partial charge in [-0.05, 0) is 61.9 Å². The summed E-state index contributed by atoms with van der Waals surface area (Å²) in [5, 5.41) is 2.78. The Hall–Kier alpha value is -3.36. The number of methoxy groups -OCH3 is 1. The Morgan fingerprint density at radius 2 is 1.67 bits per heavy atom. The number of hydrogen-bond acceptors (Lipinski definition) is 5. The minimum atomic E-state index is -3.91. The van der Waals surface area contributed by atoms with E-state index in [1.54, 1.807) is 24.3 Å². The van der Waals surface area contributed by atoms with Gasteiger partial charge in [0.1, 0.15) is 16.4 Å². The van der Waals surface area contributed by atoms with Gasteiger partial charge in [-0.2, -0.15) is 4.31 Å². The van der Waals surface area contributed by atoms with Gasteiger partial charge in [0.15, 0.2) is 0 Å². The Bertz CT molecular complexity index is 1190. The molecule has 0 heterocycles. The van der Waals surface area contributed by atoms with E-state index < -0.39 is 15.9 Å². The molecule has 0 atom stereocenters. The van der Waals surface area contributed by atoms with Gasteiger partial charge in [-0.3, -0.25) is 4.79 Å². The molecule has 33 heavy (non-hydrogen) atoms. The van der Waals surface area contributed by atoms with Crippen LogP contribution in [0.3, 0.4) is 0 Å². The van der Waals surface area contributed by atoms with Gasteiger partial charge in [0.2, 0.25) is 10.0 Å². The van der Waals surface area contributed by atoms with E-state index in [9.17, 15) is 13.2 Å². The van der Waals surface area contributed by atoms with Crippen molar-refractivity contribution >= 4 is 21.6 Å². The standard InChI is InChI=1S/C25H28N2O5S/c1-18(2)32-22-13-11-21(12-14-22)26-25(28)20-10-15-23(31-4)24(16-20)33(29,30)27(3)17-19-8-6-5-7-9-19/h5-16,18H,17H2,1-4H3,(H,26,28). The van der Waals surface area contributed by atoms with Crippen molar-refractivity contribution in [2.24, 2.45) is 0 Å². The van der Waals surface area contributed by atoms with Crippen LogP contribution in [0.15, 0.2) is 77.7 Å². The first-order chi connectivity index (χ1) is 15.7. The molecule has 1 N–H and O–H groups in total. The summed E-state index contributed by atoms with van der Waals surface area (Å²) in [6.45, 7) is 4.05. The molecular formula is C25H28N2O5S. The molecule has 3 aromatic rings. The molecule has 0 aliphatic carbocycles. The Kier molecular flexibility index (Phi) is 7.73. The third-order valence-corrected chi connectivity index (χ3v) is 6.67. The molecule has 0 radical (unpaired) electrons. The fourth-order valence-electron chi connectivity index (χ4n) is 3.21. The molecule has 0 aliphatic heterocycles. The molecule has 0 unspecified atom stereocenters. The first-order valence-corrected chi connectivity index (χ1v) is 11.9. The van der Waals surface area contributed by atoms with Crippen LogP contribution in [0, 0.1) is 0 Å². The summed E-state index contributed by atoms with van der Waals surface area (Å²) in [5.41, 5.74) is 1.61. The second-order valence-electron chi connectivity index (χ2n) is 7.76. The summed E-state index contributed by atoms with van der Waals surface area (Å²) in [6, 6.07) is 20.6. The number of sulfonamides is 1. The van der Waals surface area contributed by atoms with Crippen molar-refractivity contribution in [1.82, 2.24) is 4.31 Å². The van der Waals surface area contributed by atoms with Crippen molar-refractivity contribution in [3.63, 3.8) is 0 Å². The normalized spacial score (nSPS) is 11.5. The minimum absolute atomic E-state index is 0.0464. The van der Waals surface area contributed by atoms with Crippen LogP contribution in [0.2, 0.25) is 0 Å². The lowest BCUT2D eigenvalue weighted by Gasteiger charge is -2.19. The maximum atomic E-state index is 13.3. The van der Waals surface area contributed by atoms with Crippen LogP contribution in [0.25, 0.3) is 0 Å². The number of rotatable bonds is 9. The first kappa shape index (κ1) is 24.3. The average molecular weight is 469 g/mol. The number of nitrogens with zero attached hydrogens (tertiary/aromatic N) is 1. The van der Waals surface area contributed by atoms with E-state index in [0.29, 0.717) is 11.4 Å². The van der Waals surface area contributed by atoms with E-state index in [0.717, 1.165) is 5.56 Å². The number of nitrogens with one attached hydrogen (secondary N) is 1. The molecule has 0 saturated heterocycles. The fraction of sp³-hybridized carbons (Fsp3) is 0.240. The number of carbonyl (C=O) groups is 1. The summed E-state index contributed by atoms with van der Waals surface area (Å²) in [5.74, 6) is 0.432. The predicted molar refractivity (Wildman–Crippen MR) is 128 cm³/mol. The van der Waals surface area contributed by atoms with Crippen molar-refractivity contribution in [3.8, 4) is 11.5 Å². The molecular weight excluding hydrogens is 440 g/mol. The SMILES string of the molecule is COc1ccc(C(=O)Nc2ccc(OC(C)C)cc2)cc1S(=O)(=O)N(C)Cc1ccccc1. The molecule has 0 fully saturated rings. The van der Waals surface area contributed by atoms with E-state index in [4.69, 9.17) is 9.47 Å². The molecule has 8 heteroatoms. The van der Waals surface area contributed by atoms with Crippen molar-refractivity contribution in [2.75, 3.05) is 19.5 Å². The second-order valence-corrected chi connectivity index (χ2v) is 9.77. The molecule has 3 rings (SSSR count). The molecule has 174 valence electrons. The molecule has 0 spiro atoms. The quantitative estimate of drug-likeness (QED) is 0.498. The third kappa shape index (κ3) is 6.12. The number of benzene rings is 3. The summed E-state index contributed by atoms with van der Waals surface area (Å²) in [6.07, 6.45) is 0.0464. The highest BCUT2D eigenvalue weighted by molar-refractivity contribution is 7.89. The first-order valence-electron chi connectivity index (χ1n) is 10.5. The average Bonchev–Trinajstić information content (AvgIpc) is 2.80. The van der Waals surface area contributed by atoms with E-state index in [2.05, 4.69) is 5.32 Å². The lowest BCUT2D eigenvalue weighted by Crippen LogP contribution is -2.27. The second kappa shape index (κ2) is 10.5. The highest BCUT2D eigenvalue weighted by atomic mass is 32.2. The van der Waals surface area contributed by atoms with Crippen molar-refractivity contribution in [3.05, 3.63) is 83.9 Å². The summed E-state index contributed by atoms with van der Waals surface area (Å²) in [7, 11) is -1.02. The van der Waals surface area contributed by atoms with Crippen LogP contribution in [-0.4, -0.2) is 38.9 Å². The Morgan fingerprint density at radius 1 is 1.00 bits per heavy atom. The van der Waals surface area contributed by atoms with Crippen molar-refractivity contribution < 1.29 is 22.7 Å². The minimum Gasteiger partial charge on any atom is -0.495 e. The van der Waals surface area contributed by atoms with Crippen LogP contribution in [0.5, 0.6) is 11.5 Å². The van der Waals surface area contributed by atoms with E-state index in [1.165, 1.54) is 36.7 Å². The zero-order valence-electron chi connectivity index (χ0n) is 19.1. The monoisotopic (exact) mass is 468 g/mol. The summed E-state index contributed by atoms with van der Waals surface area (Å²) < 4.78 is 38.7. The van der Waals surface area contributed by atoms with Gasteiger partial charge in [-0.1, -0.05) is 30.3 Å². The maximum Gasteiger partial charge on any atom is 0.255 e. The highest BCUT2D eigenvalue weighted by Gasteiger charge is 2.26. The fourth-order valence-corrected chi connectivity index (χ4v) is 4.54. The predicted octanol–water partition coefficient (Wildman–Crippen LogP) is 4.56. The van der Waals surface area contributed by atoms with Gasteiger partial charge in [0.05, 0.1) is 13.2 Å². The van der Waals surface area contributed by atoms with Gasteiger partial charge in [0, 0.05) is 24.8 Å². The Balaban J connectivity index is 1.83. The highest BCUT2D eigenvalue weighted by Crippen LogP contribution is 2.28. The number of carbonyl (C=O) groups excluding carboxylic acids is 1. The van der Waals surface area contributed by atoms with Gasteiger partial charge in [0.25, 0.3) is 5.91 Å². The number of amides is 1. The largest absolute Gasteiger partial charge is 0.495 e. The van der Waals surface area contributed by atoms with Crippen molar-refractivity contribution in [1.29, 1.82) is 0 Å². The summed E-state index contributed by atoms with van der Waals surface area (Å²) in [4.78, 5) is 12.8. The van der Waals surface area contributed by atoms with Gasteiger partial charge >= 0.3 is 0 Å². The zero-order chi connectivity index (χ0) is 24.0.